The zero-order chi connectivity index (χ0) is 14.4. The van der Waals surface area contributed by atoms with Crippen molar-refractivity contribution < 1.29 is 9.13 Å². The number of benzene rings is 1. The molecule has 0 saturated carbocycles. The standard InChI is InChI=1S/C16H25FN2O/c1-3-19-9-7-13(8-10-19)11-18-12-14-5-4-6-15(20-2)16(14)17/h4-6,13,18H,3,7-12H2,1-2H3. The number of hydrogen-bond donors (Lipinski definition) is 1. The van der Waals surface area contributed by atoms with Gasteiger partial charge in [-0.25, -0.2) is 4.39 Å². The average Bonchev–Trinajstić information content (AvgIpc) is 2.49. The topological polar surface area (TPSA) is 24.5 Å². The molecule has 1 heterocycles. The highest BCUT2D eigenvalue weighted by Gasteiger charge is 2.17. The van der Waals surface area contributed by atoms with Crippen LogP contribution in [0.1, 0.15) is 25.3 Å². The van der Waals surface area contributed by atoms with E-state index in [0.717, 1.165) is 13.1 Å². The number of likely N-dealkylation sites (tertiary alicyclic amines) is 1. The number of piperidine rings is 1. The highest BCUT2D eigenvalue weighted by molar-refractivity contribution is 5.30. The Labute approximate surface area is 121 Å². The molecular formula is C16H25FN2O. The summed E-state index contributed by atoms with van der Waals surface area (Å²) in [4.78, 5) is 2.48. The van der Waals surface area contributed by atoms with E-state index >= 15 is 0 Å². The van der Waals surface area contributed by atoms with Gasteiger partial charge in [0.25, 0.3) is 0 Å². The van der Waals surface area contributed by atoms with Gasteiger partial charge in [0.15, 0.2) is 11.6 Å². The Morgan fingerprint density at radius 2 is 2.10 bits per heavy atom. The summed E-state index contributed by atoms with van der Waals surface area (Å²) in [5.41, 5.74) is 0.676. The van der Waals surface area contributed by atoms with Crippen molar-refractivity contribution in [3.8, 4) is 5.75 Å². The summed E-state index contributed by atoms with van der Waals surface area (Å²) in [6.45, 7) is 7.28. The number of nitrogens with one attached hydrogen (secondary N) is 1. The van der Waals surface area contributed by atoms with Crippen LogP contribution in [0.15, 0.2) is 18.2 Å². The molecule has 0 aromatic heterocycles. The fourth-order valence-corrected chi connectivity index (χ4v) is 2.77. The normalized spacial score (nSPS) is 17.4. The van der Waals surface area contributed by atoms with Gasteiger partial charge >= 0.3 is 0 Å². The molecule has 0 bridgehead atoms. The van der Waals surface area contributed by atoms with E-state index in [4.69, 9.17) is 4.74 Å². The maximum Gasteiger partial charge on any atom is 0.169 e. The van der Waals surface area contributed by atoms with E-state index < -0.39 is 0 Å². The van der Waals surface area contributed by atoms with Crippen molar-refractivity contribution in [3.05, 3.63) is 29.6 Å². The number of methoxy groups -OCH3 is 1. The van der Waals surface area contributed by atoms with Crippen molar-refractivity contribution in [1.82, 2.24) is 10.2 Å². The highest BCUT2D eigenvalue weighted by Crippen LogP contribution is 2.20. The summed E-state index contributed by atoms with van der Waals surface area (Å²) in [5.74, 6) is 0.787. The number of ether oxygens (including phenoxy) is 1. The molecule has 1 aliphatic rings. The molecule has 20 heavy (non-hydrogen) atoms. The molecule has 0 atom stereocenters. The Hall–Kier alpha value is -1.13. The molecule has 0 aliphatic carbocycles. The van der Waals surface area contributed by atoms with Crippen LogP contribution in [-0.4, -0.2) is 38.2 Å². The Kier molecular flexibility index (Phi) is 5.80. The van der Waals surface area contributed by atoms with Gasteiger partial charge in [-0.15, -0.1) is 0 Å². The lowest BCUT2D eigenvalue weighted by molar-refractivity contribution is 0.190. The van der Waals surface area contributed by atoms with Crippen molar-refractivity contribution in [3.63, 3.8) is 0 Å². The molecule has 1 aliphatic heterocycles. The molecule has 4 heteroatoms. The minimum atomic E-state index is -0.247. The molecule has 1 N–H and O–H groups in total. The smallest absolute Gasteiger partial charge is 0.169 e. The fourth-order valence-electron chi connectivity index (χ4n) is 2.77. The lowest BCUT2D eigenvalue weighted by Crippen LogP contribution is -2.37. The van der Waals surface area contributed by atoms with Gasteiger partial charge in [0.05, 0.1) is 7.11 Å². The second kappa shape index (κ2) is 7.60. The highest BCUT2D eigenvalue weighted by atomic mass is 19.1. The first-order valence-corrected chi connectivity index (χ1v) is 7.49. The van der Waals surface area contributed by atoms with Crippen molar-refractivity contribution in [1.29, 1.82) is 0 Å². The van der Waals surface area contributed by atoms with Crippen LogP contribution in [0, 0.1) is 11.7 Å². The first-order valence-electron chi connectivity index (χ1n) is 7.49. The Morgan fingerprint density at radius 1 is 1.35 bits per heavy atom. The lowest BCUT2D eigenvalue weighted by Gasteiger charge is -2.31. The van der Waals surface area contributed by atoms with Crippen molar-refractivity contribution in [2.24, 2.45) is 5.92 Å². The third kappa shape index (κ3) is 3.93. The van der Waals surface area contributed by atoms with E-state index in [1.165, 1.54) is 33.0 Å². The zero-order valence-corrected chi connectivity index (χ0v) is 12.5. The van der Waals surface area contributed by atoms with Gasteiger partial charge in [-0.1, -0.05) is 19.1 Å². The average molecular weight is 280 g/mol. The number of hydrogen-bond acceptors (Lipinski definition) is 3. The number of nitrogens with zero attached hydrogens (tertiary/aromatic N) is 1. The molecule has 3 nitrogen and oxygen atoms in total. The van der Waals surface area contributed by atoms with Crippen molar-refractivity contribution in [2.75, 3.05) is 33.3 Å². The molecule has 1 fully saturated rings. The van der Waals surface area contributed by atoms with Crippen LogP contribution in [0.3, 0.4) is 0 Å². The van der Waals surface area contributed by atoms with Crippen LogP contribution in [0.2, 0.25) is 0 Å². The van der Waals surface area contributed by atoms with E-state index in [9.17, 15) is 4.39 Å². The predicted octanol–water partition coefficient (Wildman–Crippen LogP) is 2.66. The van der Waals surface area contributed by atoms with Crippen LogP contribution in [-0.2, 0) is 6.54 Å². The second-order valence-corrected chi connectivity index (χ2v) is 5.44. The first kappa shape index (κ1) is 15.3. The van der Waals surface area contributed by atoms with Gasteiger partial charge in [-0.05, 0) is 51.0 Å². The van der Waals surface area contributed by atoms with Gasteiger partial charge < -0.3 is 15.0 Å². The van der Waals surface area contributed by atoms with Crippen molar-refractivity contribution in [2.45, 2.75) is 26.3 Å². The molecule has 1 aromatic carbocycles. The monoisotopic (exact) mass is 280 g/mol. The molecule has 0 radical (unpaired) electrons. The lowest BCUT2D eigenvalue weighted by atomic mass is 9.97. The summed E-state index contributed by atoms with van der Waals surface area (Å²) in [7, 11) is 1.50. The van der Waals surface area contributed by atoms with Crippen LogP contribution in [0.5, 0.6) is 5.75 Å². The molecule has 112 valence electrons. The maximum atomic E-state index is 14.0. The second-order valence-electron chi connectivity index (χ2n) is 5.44. The zero-order valence-electron chi connectivity index (χ0n) is 12.5. The molecule has 2 rings (SSSR count). The minimum absolute atomic E-state index is 0.247. The SMILES string of the molecule is CCN1CCC(CNCc2cccc(OC)c2F)CC1. The molecule has 0 spiro atoms. The first-order chi connectivity index (χ1) is 9.74. The van der Waals surface area contributed by atoms with E-state index in [-0.39, 0.29) is 5.82 Å². The Balaban J connectivity index is 1.76. The minimum Gasteiger partial charge on any atom is -0.494 e. The molecule has 1 aromatic rings. The van der Waals surface area contributed by atoms with E-state index in [1.54, 1.807) is 6.07 Å². The summed E-state index contributed by atoms with van der Waals surface area (Å²) in [5, 5.41) is 3.38. The molecule has 1 saturated heterocycles. The third-order valence-electron chi connectivity index (χ3n) is 4.17. The maximum absolute atomic E-state index is 14.0. The molecule has 0 unspecified atom stereocenters. The fraction of sp³-hybridized carbons (Fsp3) is 0.625. The van der Waals surface area contributed by atoms with Crippen LogP contribution < -0.4 is 10.1 Å². The Bertz CT molecular complexity index is 417. The van der Waals surface area contributed by atoms with Gasteiger partial charge in [0, 0.05) is 12.1 Å². The van der Waals surface area contributed by atoms with Crippen molar-refractivity contribution >= 4 is 0 Å². The summed E-state index contributed by atoms with van der Waals surface area (Å²) in [6.07, 6.45) is 2.48. The molecule has 0 amide bonds. The van der Waals surface area contributed by atoms with Gasteiger partial charge in [0.1, 0.15) is 0 Å². The van der Waals surface area contributed by atoms with E-state index in [1.807, 2.05) is 12.1 Å². The predicted molar refractivity (Wildman–Crippen MR) is 79.5 cm³/mol. The van der Waals surface area contributed by atoms with Crippen LogP contribution in [0.25, 0.3) is 0 Å². The molecular weight excluding hydrogens is 255 g/mol. The quantitative estimate of drug-likeness (QED) is 0.867. The summed E-state index contributed by atoms with van der Waals surface area (Å²) >= 11 is 0. The Morgan fingerprint density at radius 3 is 2.75 bits per heavy atom. The van der Waals surface area contributed by atoms with E-state index in [2.05, 4.69) is 17.1 Å². The van der Waals surface area contributed by atoms with Crippen LogP contribution >= 0.6 is 0 Å². The largest absolute Gasteiger partial charge is 0.494 e. The van der Waals surface area contributed by atoms with E-state index in [0.29, 0.717) is 23.8 Å². The van der Waals surface area contributed by atoms with Gasteiger partial charge in [-0.3, -0.25) is 0 Å². The summed E-state index contributed by atoms with van der Waals surface area (Å²) < 4.78 is 19.0. The third-order valence-corrected chi connectivity index (χ3v) is 4.17. The summed E-state index contributed by atoms with van der Waals surface area (Å²) in [6, 6.07) is 5.29. The van der Waals surface area contributed by atoms with Gasteiger partial charge in [0.2, 0.25) is 0 Å². The van der Waals surface area contributed by atoms with Gasteiger partial charge in [-0.2, -0.15) is 0 Å². The number of rotatable bonds is 6. The van der Waals surface area contributed by atoms with Crippen LogP contribution in [0.4, 0.5) is 4.39 Å². The number of halogens is 1.